The molecule has 1 saturated carbocycles. The number of carboxylic acids is 1. The third kappa shape index (κ3) is 4.22. The lowest BCUT2D eigenvalue weighted by molar-refractivity contribution is -0.132. The average molecular weight is 272 g/mol. The minimum absolute atomic E-state index is 0.434. The largest absolute Gasteiger partial charge is 0.478 e. The summed E-state index contributed by atoms with van der Waals surface area (Å²) in [4.78, 5) is 10.7. The highest BCUT2D eigenvalue weighted by Crippen LogP contribution is 2.32. The van der Waals surface area contributed by atoms with Crippen molar-refractivity contribution in [1.29, 1.82) is 0 Å². The van der Waals surface area contributed by atoms with Gasteiger partial charge in [-0.05, 0) is 49.7 Å². The van der Waals surface area contributed by atoms with Gasteiger partial charge in [0.25, 0.3) is 0 Å². The first-order valence-corrected chi connectivity index (χ1v) is 7.65. The number of aliphatic carboxylic acids is 1. The molecule has 0 atom stereocenters. The van der Waals surface area contributed by atoms with Gasteiger partial charge in [-0.2, -0.15) is 0 Å². The molecule has 20 heavy (non-hydrogen) atoms. The van der Waals surface area contributed by atoms with Crippen molar-refractivity contribution in [3.8, 4) is 0 Å². The maximum absolute atomic E-state index is 10.7. The molecule has 1 aliphatic carbocycles. The van der Waals surface area contributed by atoms with Crippen LogP contribution in [0.2, 0.25) is 0 Å². The van der Waals surface area contributed by atoms with Crippen molar-refractivity contribution in [3.05, 3.63) is 47.0 Å². The lowest BCUT2D eigenvalue weighted by Gasteiger charge is -2.22. The predicted molar refractivity (Wildman–Crippen MR) is 82.0 cm³/mol. The smallest absolute Gasteiger partial charge is 0.330 e. The summed E-state index contributed by atoms with van der Waals surface area (Å²) in [5, 5.41) is 8.79. The topological polar surface area (TPSA) is 37.3 Å². The van der Waals surface area contributed by atoms with E-state index in [9.17, 15) is 4.79 Å². The fourth-order valence-corrected chi connectivity index (χ4v) is 2.94. The first-order valence-electron chi connectivity index (χ1n) is 7.65. The van der Waals surface area contributed by atoms with Crippen LogP contribution in [-0.4, -0.2) is 11.1 Å². The van der Waals surface area contributed by atoms with Crippen LogP contribution in [0.4, 0.5) is 0 Å². The number of carbonyl (C=O) groups is 1. The van der Waals surface area contributed by atoms with Gasteiger partial charge in [-0.25, -0.2) is 4.79 Å². The van der Waals surface area contributed by atoms with Gasteiger partial charge in [-0.3, -0.25) is 0 Å². The Morgan fingerprint density at radius 1 is 1.20 bits per heavy atom. The van der Waals surface area contributed by atoms with Crippen LogP contribution in [0, 0.1) is 0 Å². The molecule has 2 nitrogen and oxygen atoms in total. The molecule has 1 fully saturated rings. The highest BCUT2D eigenvalue weighted by Gasteiger charge is 2.14. The van der Waals surface area contributed by atoms with E-state index in [4.69, 9.17) is 5.11 Å². The standard InChI is InChI=1S/C18H24O2/c1-14(18(19)20)6-5-7-15-10-12-17(13-11-15)16-8-3-2-4-9-16/h6,10-13,16H,2-5,7-9H2,1H3,(H,19,20). The maximum Gasteiger partial charge on any atom is 0.330 e. The van der Waals surface area contributed by atoms with Gasteiger partial charge in [0.05, 0.1) is 0 Å². The highest BCUT2D eigenvalue weighted by molar-refractivity contribution is 5.85. The van der Waals surface area contributed by atoms with Crippen LogP contribution in [0.15, 0.2) is 35.9 Å². The van der Waals surface area contributed by atoms with Gasteiger partial charge in [0, 0.05) is 5.57 Å². The lowest BCUT2D eigenvalue weighted by atomic mass is 9.84. The van der Waals surface area contributed by atoms with Gasteiger partial charge in [0.1, 0.15) is 0 Å². The molecule has 0 unspecified atom stereocenters. The molecule has 1 aromatic carbocycles. The maximum atomic E-state index is 10.7. The molecule has 1 aromatic rings. The molecule has 0 saturated heterocycles. The SMILES string of the molecule is CC(=CCCc1ccc(C2CCCCC2)cc1)C(=O)O. The van der Waals surface area contributed by atoms with E-state index in [1.807, 2.05) is 0 Å². The number of allylic oxidation sites excluding steroid dienone is 1. The predicted octanol–water partition coefficient (Wildman–Crippen LogP) is 4.70. The Morgan fingerprint density at radius 3 is 2.45 bits per heavy atom. The van der Waals surface area contributed by atoms with Gasteiger partial charge in [-0.1, -0.05) is 49.6 Å². The normalized spacial score (nSPS) is 17.1. The Morgan fingerprint density at radius 2 is 1.85 bits per heavy atom. The van der Waals surface area contributed by atoms with Gasteiger partial charge >= 0.3 is 5.97 Å². The molecular weight excluding hydrogens is 248 g/mol. The average Bonchev–Trinajstić information content (AvgIpc) is 2.48. The Bertz CT molecular complexity index is 465. The quantitative estimate of drug-likeness (QED) is 0.789. The van der Waals surface area contributed by atoms with Crippen molar-refractivity contribution in [2.24, 2.45) is 0 Å². The minimum atomic E-state index is -0.822. The van der Waals surface area contributed by atoms with Crippen LogP contribution in [0.5, 0.6) is 0 Å². The van der Waals surface area contributed by atoms with E-state index in [-0.39, 0.29) is 0 Å². The first-order chi connectivity index (χ1) is 9.66. The van der Waals surface area contributed by atoms with Gasteiger partial charge in [0.2, 0.25) is 0 Å². The van der Waals surface area contributed by atoms with Crippen LogP contribution < -0.4 is 0 Å². The summed E-state index contributed by atoms with van der Waals surface area (Å²) in [7, 11) is 0. The molecule has 0 bridgehead atoms. The van der Waals surface area contributed by atoms with Crippen LogP contribution in [-0.2, 0) is 11.2 Å². The fraction of sp³-hybridized carbons (Fsp3) is 0.500. The van der Waals surface area contributed by atoms with Crippen LogP contribution in [0.1, 0.15) is 62.5 Å². The van der Waals surface area contributed by atoms with Crippen LogP contribution in [0.3, 0.4) is 0 Å². The monoisotopic (exact) mass is 272 g/mol. The Kier molecular flexibility index (Phi) is 5.40. The highest BCUT2D eigenvalue weighted by atomic mass is 16.4. The zero-order valence-electron chi connectivity index (χ0n) is 12.3. The van der Waals surface area contributed by atoms with Gasteiger partial charge in [-0.15, -0.1) is 0 Å². The summed E-state index contributed by atoms with van der Waals surface area (Å²) < 4.78 is 0. The van der Waals surface area contributed by atoms with Crippen LogP contribution >= 0.6 is 0 Å². The zero-order chi connectivity index (χ0) is 14.4. The Labute approximate surface area is 121 Å². The van der Waals surface area contributed by atoms with Crippen LogP contribution in [0.25, 0.3) is 0 Å². The van der Waals surface area contributed by atoms with Crippen molar-refractivity contribution < 1.29 is 9.90 Å². The van der Waals surface area contributed by atoms with E-state index in [0.717, 1.165) is 18.8 Å². The molecule has 1 N–H and O–H groups in total. The second-order valence-electron chi connectivity index (χ2n) is 5.81. The molecule has 108 valence electrons. The van der Waals surface area contributed by atoms with Crippen molar-refractivity contribution >= 4 is 5.97 Å². The number of hydrogen-bond donors (Lipinski definition) is 1. The minimum Gasteiger partial charge on any atom is -0.478 e. The Balaban J connectivity index is 1.88. The third-order valence-electron chi connectivity index (χ3n) is 4.28. The fourth-order valence-electron chi connectivity index (χ4n) is 2.94. The number of benzene rings is 1. The lowest BCUT2D eigenvalue weighted by Crippen LogP contribution is -2.04. The number of rotatable bonds is 5. The molecule has 0 spiro atoms. The molecule has 0 amide bonds. The van der Waals surface area contributed by atoms with Crippen molar-refractivity contribution in [2.45, 2.75) is 57.8 Å². The van der Waals surface area contributed by atoms with Crippen molar-refractivity contribution in [2.75, 3.05) is 0 Å². The summed E-state index contributed by atoms with van der Waals surface area (Å²) in [6.07, 6.45) is 10.3. The van der Waals surface area contributed by atoms with Gasteiger partial charge in [0.15, 0.2) is 0 Å². The number of carboxylic acid groups (broad SMARTS) is 1. The van der Waals surface area contributed by atoms with E-state index in [2.05, 4.69) is 24.3 Å². The van der Waals surface area contributed by atoms with E-state index in [1.165, 1.54) is 43.2 Å². The molecular formula is C18H24O2. The van der Waals surface area contributed by atoms with E-state index >= 15 is 0 Å². The molecule has 2 rings (SSSR count). The van der Waals surface area contributed by atoms with Crippen molar-refractivity contribution in [3.63, 3.8) is 0 Å². The Hall–Kier alpha value is -1.57. The van der Waals surface area contributed by atoms with Crippen molar-refractivity contribution in [1.82, 2.24) is 0 Å². The summed E-state index contributed by atoms with van der Waals surface area (Å²) in [6.45, 7) is 1.65. The number of aryl methyl sites for hydroxylation is 1. The van der Waals surface area contributed by atoms with E-state index in [0.29, 0.717) is 5.57 Å². The molecule has 0 aromatic heterocycles. The molecule has 0 heterocycles. The van der Waals surface area contributed by atoms with Gasteiger partial charge < -0.3 is 5.11 Å². The molecule has 1 aliphatic rings. The summed E-state index contributed by atoms with van der Waals surface area (Å²) >= 11 is 0. The molecule has 2 heteroatoms. The third-order valence-corrected chi connectivity index (χ3v) is 4.28. The molecule has 0 radical (unpaired) electrons. The zero-order valence-corrected chi connectivity index (χ0v) is 12.3. The first kappa shape index (κ1) is 14.8. The summed E-state index contributed by atoms with van der Waals surface area (Å²) in [5.74, 6) is -0.0652. The van der Waals surface area contributed by atoms with E-state index < -0.39 is 5.97 Å². The second-order valence-corrected chi connectivity index (χ2v) is 5.81. The molecule has 0 aliphatic heterocycles. The van der Waals surface area contributed by atoms with E-state index in [1.54, 1.807) is 13.0 Å². The summed E-state index contributed by atoms with van der Waals surface area (Å²) in [5.41, 5.74) is 3.20. The number of hydrogen-bond acceptors (Lipinski definition) is 1. The summed E-state index contributed by atoms with van der Waals surface area (Å²) in [6, 6.07) is 8.93. The second kappa shape index (κ2) is 7.28.